The Bertz CT molecular complexity index is 622. The molecule has 26 heavy (non-hydrogen) atoms. The second kappa shape index (κ2) is 10.3. The van der Waals surface area contributed by atoms with Crippen LogP contribution in [0, 0.1) is 22.7 Å². The van der Waals surface area contributed by atoms with Gasteiger partial charge in [0.15, 0.2) is 0 Å². The Hall–Kier alpha value is -1.90. The molecule has 0 N–H and O–H groups in total. The van der Waals surface area contributed by atoms with Crippen molar-refractivity contribution in [1.29, 1.82) is 0 Å². The highest BCUT2D eigenvalue weighted by atomic mass is 16.3. The molecule has 1 aliphatic carbocycles. The summed E-state index contributed by atoms with van der Waals surface area (Å²) in [5.41, 5.74) is 5.21. The van der Waals surface area contributed by atoms with E-state index in [1.807, 2.05) is 19.9 Å². The average molecular weight is 357 g/mol. The number of nitroso groups, excluding NO2 is 1. The van der Waals surface area contributed by atoms with Gasteiger partial charge in [-0.3, -0.25) is 0 Å². The first-order valence-electron chi connectivity index (χ1n) is 9.65. The van der Waals surface area contributed by atoms with Gasteiger partial charge < -0.3 is 0 Å². The van der Waals surface area contributed by atoms with Crippen LogP contribution in [-0.2, 0) is 0 Å². The maximum atomic E-state index is 11.7. The highest BCUT2D eigenvalue weighted by molar-refractivity contribution is 5.33. The number of allylic oxidation sites excluding steroid dienone is 7. The fourth-order valence-electron chi connectivity index (χ4n) is 3.95. The molecule has 144 valence electrons. The predicted molar refractivity (Wildman–Crippen MR) is 113 cm³/mol. The molecule has 0 radical (unpaired) electrons. The molecule has 0 aromatic heterocycles. The largest absolute Gasteiger partial charge is 0.202 e. The van der Waals surface area contributed by atoms with E-state index in [4.69, 9.17) is 0 Å². The summed E-state index contributed by atoms with van der Waals surface area (Å²) in [5, 5.41) is 4.89. The third kappa shape index (κ3) is 6.12. The number of rotatable bonds is 9. The third-order valence-corrected chi connectivity index (χ3v) is 5.00. The third-order valence-electron chi connectivity index (χ3n) is 5.00. The summed E-state index contributed by atoms with van der Waals surface area (Å²) >= 11 is 0. The van der Waals surface area contributed by atoms with E-state index in [1.165, 1.54) is 10.6 Å². The lowest BCUT2D eigenvalue weighted by Crippen LogP contribution is -2.21. The predicted octanol–water partition coefficient (Wildman–Crippen LogP) is 7.32. The van der Waals surface area contributed by atoms with Gasteiger partial charge in [0.25, 0.3) is 0 Å². The van der Waals surface area contributed by atoms with Gasteiger partial charge in [-0.05, 0) is 82.3 Å². The molecule has 2 unspecified atom stereocenters. The molecule has 0 aromatic carbocycles. The van der Waals surface area contributed by atoms with E-state index in [0.29, 0.717) is 17.8 Å². The van der Waals surface area contributed by atoms with Crippen molar-refractivity contribution in [3.05, 3.63) is 64.4 Å². The Morgan fingerprint density at radius 3 is 2.54 bits per heavy atom. The van der Waals surface area contributed by atoms with E-state index in [0.717, 1.165) is 48.2 Å². The Morgan fingerprint density at radius 2 is 2.04 bits per heavy atom. The maximum Gasteiger partial charge on any atom is 0.0693 e. The first-order chi connectivity index (χ1) is 12.2. The molecule has 0 aliphatic heterocycles. The Morgan fingerprint density at radius 1 is 1.38 bits per heavy atom. The average Bonchev–Trinajstić information content (AvgIpc) is 2.53. The minimum Gasteiger partial charge on any atom is -0.202 e. The van der Waals surface area contributed by atoms with Crippen LogP contribution in [0.5, 0.6) is 0 Å². The first kappa shape index (κ1) is 22.1. The zero-order valence-corrected chi connectivity index (χ0v) is 17.5. The van der Waals surface area contributed by atoms with Crippen LogP contribution in [0.25, 0.3) is 0 Å². The lowest BCUT2D eigenvalue weighted by Gasteiger charge is -2.30. The Kier molecular flexibility index (Phi) is 8.77. The normalized spacial score (nSPS) is 21.8. The van der Waals surface area contributed by atoms with E-state index < -0.39 is 0 Å². The zero-order chi connectivity index (χ0) is 19.9. The van der Waals surface area contributed by atoms with E-state index in [2.05, 4.69) is 58.3 Å². The summed E-state index contributed by atoms with van der Waals surface area (Å²) < 4.78 is 0. The van der Waals surface area contributed by atoms with Gasteiger partial charge in [0, 0.05) is 5.70 Å². The summed E-state index contributed by atoms with van der Waals surface area (Å²) in [4.78, 5) is 11.7. The fraction of sp³-hybridized carbons (Fsp3) is 0.565. The van der Waals surface area contributed by atoms with Crippen molar-refractivity contribution in [1.82, 2.24) is 5.01 Å². The number of nitrogens with zero attached hydrogens (tertiary/aromatic N) is 2. The van der Waals surface area contributed by atoms with Crippen molar-refractivity contribution in [2.75, 3.05) is 0 Å². The SMILES string of the molecule is C=CCC1CC(C)=CCC1/C=C(\C)N(N=O)/C(C(=C)C)=C(\C)CC(C)C. The topological polar surface area (TPSA) is 32.7 Å². The van der Waals surface area contributed by atoms with E-state index in [9.17, 15) is 4.91 Å². The first-order valence-corrected chi connectivity index (χ1v) is 9.65. The number of hydrogen-bond acceptors (Lipinski definition) is 2. The standard InChI is InChI=1S/C23H36N2O/c1-9-10-21-14-18(6)11-12-22(21)15-20(8)25(24-26)23(17(4)5)19(7)13-16(2)3/h9,11,15-16,21-22H,1,4,10,12-14H2,2-3,5-8H3/b20-15+,23-19+. The molecule has 0 heterocycles. The van der Waals surface area contributed by atoms with E-state index in [1.54, 1.807) is 0 Å². The quantitative estimate of drug-likeness (QED) is 0.188. The molecule has 0 spiro atoms. The van der Waals surface area contributed by atoms with Crippen LogP contribution in [0.4, 0.5) is 0 Å². The van der Waals surface area contributed by atoms with E-state index in [-0.39, 0.29) is 0 Å². The molecule has 3 nitrogen and oxygen atoms in total. The summed E-state index contributed by atoms with van der Waals surface area (Å²) in [6.45, 7) is 20.5. The molecule has 3 heteroatoms. The molecule has 1 rings (SSSR count). The Balaban J connectivity index is 3.21. The molecule has 0 amide bonds. The lowest BCUT2D eigenvalue weighted by molar-refractivity contribution is 0.364. The molecule has 0 saturated heterocycles. The fourth-order valence-corrected chi connectivity index (χ4v) is 3.95. The van der Waals surface area contributed by atoms with Crippen LogP contribution in [0.3, 0.4) is 0 Å². The zero-order valence-electron chi connectivity index (χ0n) is 17.5. The highest BCUT2D eigenvalue weighted by Crippen LogP contribution is 2.35. The second-order valence-electron chi connectivity index (χ2n) is 8.15. The summed E-state index contributed by atoms with van der Waals surface area (Å²) in [6, 6.07) is 0. The van der Waals surface area contributed by atoms with Crippen molar-refractivity contribution in [3.63, 3.8) is 0 Å². The van der Waals surface area contributed by atoms with Crippen LogP contribution < -0.4 is 0 Å². The van der Waals surface area contributed by atoms with Crippen LogP contribution in [0.2, 0.25) is 0 Å². The van der Waals surface area contributed by atoms with Crippen molar-refractivity contribution >= 4 is 0 Å². The van der Waals surface area contributed by atoms with Gasteiger partial charge in [-0.15, -0.1) is 11.5 Å². The summed E-state index contributed by atoms with van der Waals surface area (Å²) in [5.74, 6) is 1.46. The smallest absolute Gasteiger partial charge is 0.0693 e. The molecule has 0 fully saturated rings. The van der Waals surface area contributed by atoms with Crippen LogP contribution in [-0.4, -0.2) is 5.01 Å². The summed E-state index contributed by atoms with van der Waals surface area (Å²) in [6.07, 6.45) is 10.5. The Labute approximate surface area is 160 Å². The van der Waals surface area contributed by atoms with Gasteiger partial charge in [0.1, 0.15) is 0 Å². The van der Waals surface area contributed by atoms with E-state index >= 15 is 0 Å². The van der Waals surface area contributed by atoms with Crippen molar-refractivity contribution in [3.8, 4) is 0 Å². The maximum absolute atomic E-state index is 11.7. The highest BCUT2D eigenvalue weighted by Gasteiger charge is 2.24. The molecule has 0 bridgehead atoms. The van der Waals surface area contributed by atoms with Crippen LogP contribution in [0.15, 0.2) is 64.8 Å². The van der Waals surface area contributed by atoms with Crippen molar-refractivity contribution in [2.45, 2.75) is 67.2 Å². The molecule has 0 saturated carbocycles. The minimum atomic E-state index is 0.401. The van der Waals surface area contributed by atoms with Gasteiger partial charge >= 0.3 is 0 Å². The van der Waals surface area contributed by atoms with Gasteiger partial charge in [0.2, 0.25) is 0 Å². The second-order valence-corrected chi connectivity index (χ2v) is 8.15. The minimum absolute atomic E-state index is 0.401. The van der Waals surface area contributed by atoms with Crippen LogP contribution in [0.1, 0.15) is 67.2 Å². The van der Waals surface area contributed by atoms with Gasteiger partial charge in [-0.2, -0.15) is 0 Å². The van der Waals surface area contributed by atoms with Gasteiger partial charge in [0.05, 0.1) is 11.0 Å². The van der Waals surface area contributed by atoms with Crippen molar-refractivity contribution in [2.24, 2.45) is 23.0 Å². The van der Waals surface area contributed by atoms with Crippen LogP contribution >= 0.6 is 0 Å². The number of hydrogen-bond donors (Lipinski definition) is 0. The van der Waals surface area contributed by atoms with Gasteiger partial charge in [-0.25, -0.2) is 5.01 Å². The summed E-state index contributed by atoms with van der Waals surface area (Å²) in [7, 11) is 0. The molecular formula is C23H36N2O. The molecule has 2 atom stereocenters. The lowest BCUT2D eigenvalue weighted by atomic mass is 9.78. The monoisotopic (exact) mass is 356 g/mol. The molecular weight excluding hydrogens is 320 g/mol. The van der Waals surface area contributed by atoms with Crippen molar-refractivity contribution < 1.29 is 0 Å². The molecule has 0 aromatic rings. The van der Waals surface area contributed by atoms with Gasteiger partial charge in [-0.1, -0.05) is 44.2 Å². The molecule has 1 aliphatic rings.